The fourth-order valence-corrected chi connectivity index (χ4v) is 2.30. The molecule has 0 aliphatic carbocycles. The van der Waals surface area contributed by atoms with Gasteiger partial charge in [0.15, 0.2) is 0 Å². The van der Waals surface area contributed by atoms with Crippen LogP contribution in [0.15, 0.2) is 41.0 Å². The Morgan fingerprint density at radius 1 is 1.32 bits per heavy atom. The molecule has 0 fully saturated rings. The lowest BCUT2D eigenvalue weighted by atomic mass is 10.1. The van der Waals surface area contributed by atoms with Gasteiger partial charge in [-0.05, 0) is 49.6 Å². The largest absolute Gasteiger partial charge is 0.469 e. The van der Waals surface area contributed by atoms with Crippen molar-refractivity contribution in [2.45, 2.75) is 39.3 Å². The molecule has 0 saturated carbocycles. The van der Waals surface area contributed by atoms with Crippen LogP contribution in [0.2, 0.25) is 5.02 Å². The van der Waals surface area contributed by atoms with Crippen molar-refractivity contribution in [1.82, 2.24) is 5.32 Å². The molecule has 2 nitrogen and oxygen atoms in total. The second kappa shape index (κ2) is 6.78. The molecule has 1 unspecified atom stereocenters. The van der Waals surface area contributed by atoms with Gasteiger partial charge < -0.3 is 9.73 Å². The van der Waals surface area contributed by atoms with E-state index in [9.17, 15) is 0 Å². The fourth-order valence-electron chi connectivity index (χ4n) is 2.00. The van der Waals surface area contributed by atoms with E-state index in [1.54, 1.807) is 6.26 Å². The maximum Gasteiger partial charge on any atom is 0.103 e. The maximum absolute atomic E-state index is 6.22. The number of furan rings is 1. The zero-order chi connectivity index (χ0) is 13.7. The molecule has 0 radical (unpaired) electrons. The van der Waals surface area contributed by atoms with Crippen LogP contribution >= 0.6 is 11.6 Å². The zero-order valence-corrected chi connectivity index (χ0v) is 12.2. The number of nitrogens with one attached hydrogen (secondary N) is 1. The summed E-state index contributed by atoms with van der Waals surface area (Å²) >= 11 is 6.22. The molecule has 0 bridgehead atoms. The van der Waals surface area contributed by atoms with Gasteiger partial charge in [0.25, 0.3) is 0 Å². The third-order valence-corrected chi connectivity index (χ3v) is 3.61. The molecule has 1 aromatic carbocycles. The molecule has 0 aliphatic rings. The molecule has 1 aromatic heterocycles. The van der Waals surface area contributed by atoms with Crippen molar-refractivity contribution in [1.29, 1.82) is 0 Å². The van der Waals surface area contributed by atoms with Gasteiger partial charge in [0.2, 0.25) is 0 Å². The van der Waals surface area contributed by atoms with Gasteiger partial charge in [-0.15, -0.1) is 0 Å². The molecule has 19 heavy (non-hydrogen) atoms. The summed E-state index contributed by atoms with van der Waals surface area (Å²) in [7, 11) is 0. The van der Waals surface area contributed by atoms with Gasteiger partial charge in [-0.1, -0.05) is 23.7 Å². The predicted octanol–water partition coefficient (Wildman–Crippen LogP) is 4.35. The SMILES string of the molecule is Cc1ccc(CNC(C)CCc2ccco2)c(Cl)c1. The molecule has 2 rings (SSSR count). The first-order chi connectivity index (χ1) is 9.15. The standard InChI is InChI=1S/C16H20ClNO/c1-12-5-7-14(16(17)10-12)11-18-13(2)6-8-15-4-3-9-19-15/h3-5,7,9-10,13,18H,6,8,11H2,1-2H3. The van der Waals surface area contributed by atoms with E-state index in [-0.39, 0.29) is 0 Å². The number of hydrogen-bond donors (Lipinski definition) is 1. The monoisotopic (exact) mass is 277 g/mol. The molecule has 0 aliphatic heterocycles. The maximum atomic E-state index is 6.22. The lowest BCUT2D eigenvalue weighted by Crippen LogP contribution is -2.26. The summed E-state index contributed by atoms with van der Waals surface area (Å²) in [5.74, 6) is 1.04. The van der Waals surface area contributed by atoms with Crippen LogP contribution in [-0.4, -0.2) is 6.04 Å². The van der Waals surface area contributed by atoms with Crippen molar-refractivity contribution in [3.63, 3.8) is 0 Å². The van der Waals surface area contributed by atoms with Crippen molar-refractivity contribution in [2.75, 3.05) is 0 Å². The second-order valence-electron chi connectivity index (χ2n) is 4.99. The van der Waals surface area contributed by atoms with Crippen LogP contribution in [0, 0.1) is 6.92 Å². The van der Waals surface area contributed by atoms with Crippen LogP contribution in [0.4, 0.5) is 0 Å². The minimum Gasteiger partial charge on any atom is -0.469 e. The van der Waals surface area contributed by atoms with Gasteiger partial charge in [-0.2, -0.15) is 0 Å². The van der Waals surface area contributed by atoms with Crippen molar-refractivity contribution in [3.8, 4) is 0 Å². The van der Waals surface area contributed by atoms with E-state index in [1.165, 1.54) is 5.56 Å². The smallest absolute Gasteiger partial charge is 0.103 e. The lowest BCUT2D eigenvalue weighted by Gasteiger charge is -2.14. The fraction of sp³-hybridized carbons (Fsp3) is 0.375. The van der Waals surface area contributed by atoms with Crippen molar-refractivity contribution in [3.05, 3.63) is 58.5 Å². The molecular weight excluding hydrogens is 258 g/mol. The van der Waals surface area contributed by atoms with Crippen molar-refractivity contribution < 1.29 is 4.42 Å². The van der Waals surface area contributed by atoms with Crippen LogP contribution in [0.5, 0.6) is 0 Å². The van der Waals surface area contributed by atoms with E-state index < -0.39 is 0 Å². The topological polar surface area (TPSA) is 25.2 Å². The van der Waals surface area contributed by atoms with E-state index in [2.05, 4.69) is 31.3 Å². The molecule has 0 spiro atoms. The van der Waals surface area contributed by atoms with Crippen molar-refractivity contribution >= 4 is 11.6 Å². The number of halogens is 1. The Bertz CT molecular complexity index is 507. The third-order valence-electron chi connectivity index (χ3n) is 3.25. The first-order valence-corrected chi connectivity index (χ1v) is 7.04. The van der Waals surface area contributed by atoms with Gasteiger partial charge in [0.05, 0.1) is 6.26 Å². The Kier molecular flexibility index (Phi) is 5.06. The van der Waals surface area contributed by atoms with Gasteiger partial charge in [0.1, 0.15) is 5.76 Å². The van der Waals surface area contributed by atoms with Crippen LogP contribution in [0.3, 0.4) is 0 Å². The molecule has 0 saturated heterocycles. The Hall–Kier alpha value is -1.25. The summed E-state index contributed by atoms with van der Waals surface area (Å²) in [5.41, 5.74) is 2.34. The molecule has 2 aromatic rings. The Labute approximate surface area is 119 Å². The normalized spacial score (nSPS) is 12.6. The molecular formula is C16H20ClNO. The van der Waals surface area contributed by atoms with E-state index in [1.807, 2.05) is 18.2 Å². The summed E-state index contributed by atoms with van der Waals surface area (Å²) in [5, 5.41) is 4.33. The van der Waals surface area contributed by atoms with E-state index >= 15 is 0 Å². The van der Waals surface area contributed by atoms with E-state index in [0.717, 1.165) is 35.7 Å². The minimum absolute atomic E-state index is 0.433. The summed E-state index contributed by atoms with van der Waals surface area (Å²) in [6.45, 7) is 5.04. The van der Waals surface area contributed by atoms with Gasteiger partial charge in [0, 0.05) is 24.0 Å². The minimum atomic E-state index is 0.433. The van der Waals surface area contributed by atoms with E-state index in [4.69, 9.17) is 16.0 Å². The Morgan fingerprint density at radius 3 is 2.84 bits per heavy atom. The number of rotatable bonds is 6. The van der Waals surface area contributed by atoms with Gasteiger partial charge >= 0.3 is 0 Å². The quantitative estimate of drug-likeness (QED) is 0.849. The number of benzene rings is 1. The number of hydrogen-bond acceptors (Lipinski definition) is 2. The molecule has 1 atom stereocenters. The summed E-state index contributed by atoms with van der Waals surface area (Å²) in [4.78, 5) is 0. The summed E-state index contributed by atoms with van der Waals surface area (Å²) < 4.78 is 5.33. The van der Waals surface area contributed by atoms with Crippen molar-refractivity contribution in [2.24, 2.45) is 0 Å². The highest BCUT2D eigenvalue weighted by Gasteiger charge is 2.06. The summed E-state index contributed by atoms with van der Waals surface area (Å²) in [6.07, 6.45) is 3.74. The van der Waals surface area contributed by atoms with Crippen LogP contribution < -0.4 is 5.32 Å². The highest BCUT2D eigenvalue weighted by Crippen LogP contribution is 2.17. The van der Waals surface area contributed by atoms with Crippen LogP contribution in [0.1, 0.15) is 30.2 Å². The molecule has 102 valence electrons. The van der Waals surface area contributed by atoms with Crippen LogP contribution in [0.25, 0.3) is 0 Å². The molecule has 1 N–H and O–H groups in total. The first-order valence-electron chi connectivity index (χ1n) is 6.66. The molecule has 3 heteroatoms. The highest BCUT2D eigenvalue weighted by molar-refractivity contribution is 6.31. The predicted molar refractivity (Wildman–Crippen MR) is 79.5 cm³/mol. The average molecular weight is 278 g/mol. The van der Waals surface area contributed by atoms with E-state index in [0.29, 0.717) is 6.04 Å². The average Bonchev–Trinajstić information content (AvgIpc) is 2.88. The van der Waals surface area contributed by atoms with Gasteiger partial charge in [-0.25, -0.2) is 0 Å². The lowest BCUT2D eigenvalue weighted by molar-refractivity contribution is 0.460. The molecule has 0 amide bonds. The summed E-state index contributed by atoms with van der Waals surface area (Å²) in [6, 6.07) is 10.6. The zero-order valence-electron chi connectivity index (χ0n) is 11.4. The Morgan fingerprint density at radius 2 is 2.16 bits per heavy atom. The highest BCUT2D eigenvalue weighted by atomic mass is 35.5. The van der Waals surface area contributed by atoms with Crippen LogP contribution in [-0.2, 0) is 13.0 Å². The first kappa shape index (κ1) is 14.2. The second-order valence-corrected chi connectivity index (χ2v) is 5.40. The molecule has 1 heterocycles. The van der Waals surface area contributed by atoms with Gasteiger partial charge in [-0.3, -0.25) is 0 Å². The Balaban J connectivity index is 1.78. The number of aryl methyl sites for hydroxylation is 2. The third kappa shape index (κ3) is 4.41.